The molecule has 1 saturated heterocycles. The van der Waals surface area contributed by atoms with Crippen molar-refractivity contribution in [3.05, 3.63) is 0 Å². The average Bonchev–Trinajstić information content (AvgIpc) is 2.99. The Morgan fingerprint density at radius 3 is 2.70 bits per heavy atom. The molecule has 3 unspecified atom stereocenters. The Labute approximate surface area is 123 Å². The Hall–Kier alpha value is -0.160. The van der Waals surface area contributed by atoms with Crippen molar-refractivity contribution in [2.45, 2.75) is 70.1 Å². The standard InChI is InChI=1S/C16H31NO3/c1-13(14-6-3-2-4-7-14)17-10-15(18)11-19-12-16-8-5-9-20-16/h13-18H,2-12H2,1H3. The molecule has 1 aliphatic carbocycles. The molecule has 2 fully saturated rings. The molecule has 2 N–H and O–H groups in total. The zero-order valence-electron chi connectivity index (χ0n) is 12.9. The Morgan fingerprint density at radius 2 is 2.00 bits per heavy atom. The molecule has 2 rings (SSSR count). The minimum atomic E-state index is -0.414. The quantitative estimate of drug-likeness (QED) is 0.717. The van der Waals surface area contributed by atoms with Crippen LogP contribution in [0, 0.1) is 5.92 Å². The molecule has 1 heterocycles. The lowest BCUT2D eigenvalue weighted by Gasteiger charge is -2.29. The largest absolute Gasteiger partial charge is 0.389 e. The van der Waals surface area contributed by atoms with Crippen molar-refractivity contribution >= 4 is 0 Å². The van der Waals surface area contributed by atoms with Gasteiger partial charge in [-0.1, -0.05) is 19.3 Å². The first-order chi connectivity index (χ1) is 9.75. The number of hydrogen-bond acceptors (Lipinski definition) is 4. The highest BCUT2D eigenvalue weighted by molar-refractivity contribution is 4.77. The van der Waals surface area contributed by atoms with Crippen molar-refractivity contribution in [1.82, 2.24) is 5.32 Å². The molecule has 0 amide bonds. The van der Waals surface area contributed by atoms with Crippen LogP contribution < -0.4 is 5.32 Å². The topological polar surface area (TPSA) is 50.7 Å². The van der Waals surface area contributed by atoms with Crippen LogP contribution in [0.1, 0.15) is 51.9 Å². The van der Waals surface area contributed by atoms with E-state index in [4.69, 9.17) is 9.47 Å². The minimum Gasteiger partial charge on any atom is -0.389 e. The lowest BCUT2D eigenvalue weighted by Crippen LogP contribution is -2.40. The van der Waals surface area contributed by atoms with Gasteiger partial charge in [0.2, 0.25) is 0 Å². The van der Waals surface area contributed by atoms with Gasteiger partial charge in [0.05, 0.1) is 25.4 Å². The number of ether oxygens (including phenoxy) is 2. The summed E-state index contributed by atoms with van der Waals surface area (Å²) >= 11 is 0. The van der Waals surface area contributed by atoms with Gasteiger partial charge in [-0.05, 0) is 38.5 Å². The van der Waals surface area contributed by atoms with Crippen molar-refractivity contribution in [1.29, 1.82) is 0 Å². The van der Waals surface area contributed by atoms with Crippen molar-refractivity contribution in [3.8, 4) is 0 Å². The second-order valence-corrected chi connectivity index (χ2v) is 6.42. The molecule has 3 atom stereocenters. The van der Waals surface area contributed by atoms with Crippen molar-refractivity contribution in [3.63, 3.8) is 0 Å². The summed E-state index contributed by atoms with van der Waals surface area (Å²) in [4.78, 5) is 0. The van der Waals surface area contributed by atoms with Gasteiger partial charge in [0.15, 0.2) is 0 Å². The fraction of sp³-hybridized carbons (Fsp3) is 1.00. The highest BCUT2D eigenvalue weighted by atomic mass is 16.5. The highest BCUT2D eigenvalue weighted by Crippen LogP contribution is 2.26. The van der Waals surface area contributed by atoms with E-state index in [9.17, 15) is 5.11 Å². The molecule has 0 spiro atoms. The number of aliphatic hydroxyl groups is 1. The first-order valence-corrected chi connectivity index (χ1v) is 8.36. The number of hydrogen-bond donors (Lipinski definition) is 2. The van der Waals surface area contributed by atoms with E-state index in [2.05, 4.69) is 12.2 Å². The second kappa shape index (κ2) is 8.98. The van der Waals surface area contributed by atoms with E-state index in [1.54, 1.807) is 0 Å². The van der Waals surface area contributed by atoms with Crippen LogP contribution in [0.25, 0.3) is 0 Å². The number of aliphatic hydroxyl groups excluding tert-OH is 1. The predicted molar refractivity (Wildman–Crippen MR) is 79.8 cm³/mol. The van der Waals surface area contributed by atoms with E-state index in [1.807, 2.05) is 0 Å². The van der Waals surface area contributed by atoms with E-state index >= 15 is 0 Å². The number of rotatable bonds is 8. The summed E-state index contributed by atoms with van der Waals surface area (Å²) in [5.74, 6) is 0.781. The van der Waals surface area contributed by atoms with Gasteiger partial charge in [-0.15, -0.1) is 0 Å². The van der Waals surface area contributed by atoms with Crippen LogP contribution in [-0.4, -0.2) is 49.7 Å². The van der Waals surface area contributed by atoms with Crippen LogP contribution in [0.4, 0.5) is 0 Å². The maximum absolute atomic E-state index is 9.94. The lowest BCUT2D eigenvalue weighted by atomic mass is 9.84. The Balaban J connectivity index is 1.51. The third kappa shape index (κ3) is 5.68. The van der Waals surface area contributed by atoms with Gasteiger partial charge in [-0.3, -0.25) is 0 Å². The molecule has 0 aromatic carbocycles. The fourth-order valence-corrected chi connectivity index (χ4v) is 3.29. The normalized spacial score (nSPS) is 27.6. The summed E-state index contributed by atoms with van der Waals surface area (Å²) in [6, 6.07) is 0.503. The van der Waals surface area contributed by atoms with Crippen LogP contribution in [0.5, 0.6) is 0 Å². The molecular weight excluding hydrogens is 254 g/mol. The molecule has 0 aromatic heterocycles. The molecule has 0 aromatic rings. The minimum absolute atomic E-state index is 0.247. The molecule has 0 radical (unpaired) electrons. The molecule has 2 aliphatic rings. The van der Waals surface area contributed by atoms with Gasteiger partial charge in [0.1, 0.15) is 0 Å². The van der Waals surface area contributed by atoms with E-state index in [0.29, 0.717) is 25.8 Å². The maximum Gasteiger partial charge on any atom is 0.0897 e. The van der Waals surface area contributed by atoms with Crippen LogP contribution in [0.15, 0.2) is 0 Å². The fourth-order valence-electron chi connectivity index (χ4n) is 3.29. The molecular formula is C16H31NO3. The van der Waals surface area contributed by atoms with Gasteiger partial charge in [-0.25, -0.2) is 0 Å². The summed E-state index contributed by atoms with van der Waals surface area (Å²) in [6.07, 6.45) is 8.85. The second-order valence-electron chi connectivity index (χ2n) is 6.42. The van der Waals surface area contributed by atoms with Crippen molar-refractivity contribution in [2.75, 3.05) is 26.4 Å². The van der Waals surface area contributed by atoms with Crippen LogP contribution in [0.2, 0.25) is 0 Å². The van der Waals surface area contributed by atoms with Crippen LogP contribution >= 0.6 is 0 Å². The molecule has 20 heavy (non-hydrogen) atoms. The Kier molecular flexibility index (Phi) is 7.28. The molecule has 1 saturated carbocycles. The van der Waals surface area contributed by atoms with Crippen molar-refractivity contribution < 1.29 is 14.6 Å². The van der Waals surface area contributed by atoms with E-state index in [-0.39, 0.29) is 6.10 Å². The van der Waals surface area contributed by atoms with E-state index in [1.165, 1.54) is 32.1 Å². The van der Waals surface area contributed by atoms with E-state index < -0.39 is 6.10 Å². The van der Waals surface area contributed by atoms with Gasteiger partial charge in [-0.2, -0.15) is 0 Å². The lowest BCUT2D eigenvalue weighted by molar-refractivity contribution is -0.0173. The third-order valence-electron chi connectivity index (χ3n) is 4.67. The first kappa shape index (κ1) is 16.2. The Bertz CT molecular complexity index is 250. The zero-order chi connectivity index (χ0) is 14.2. The smallest absolute Gasteiger partial charge is 0.0897 e. The van der Waals surface area contributed by atoms with E-state index in [0.717, 1.165) is 25.4 Å². The highest BCUT2D eigenvalue weighted by Gasteiger charge is 2.20. The van der Waals surface area contributed by atoms with Gasteiger partial charge < -0.3 is 19.9 Å². The summed E-state index contributed by atoms with van der Waals surface area (Å²) in [5.41, 5.74) is 0. The Morgan fingerprint density at radius 1 is 1.20 bits per heavy atom. The maximum atomic E-state index is 9.94. The molecule has 4 heteroatoms. The summed E-state index contributed by atoms with van der Waals surface area (Å²) in [5, 5.41) is 13.4. The summed E-state index contributed by atoms with van der Waals surface area (Å²) in [6.45, 7) is 4.76. The summed E-state index contributed by atoms with van der Waals surface area (Å²) in [7, 11) is 0. The summed E-state index contributed by atoms with van der Waals surface area (Å²) < 4.78 is 11.0. The average molecular weight is 285 g/mol. The van der Waals surface area contributed by atoms with Gasteiger partial charge in [0, 0.05) is 19.2 Å². The molecule has 4 nitrogen and oxygen atoms in total. The van der Waals surface area contributed by atoms with Crippen LogP contribution in [-0.2, 0) is 9.47 Å². The first-order valence-electron chi connectivity index (χ1n) is 8.36. The third-order valence-corrected chi connectivity index (χ3v) is 4.67. The van der Waals surface area contributed by atoms with Gasteiger partial charge >= 0.3 is 0 Å². The van der Waals surface area contributed by atoms with Gasteiger partial charge in [0.25, 0.3) is 0 Å². The molecule has 1 aliphatic heterocycles. The number of nitrogens with one attached hydrogen (secondary N) is 1. The molecule has 0 bridgehead atoms. The molecule has 118 valence electrons. The monoisotopic (exact) mass is 285 g/mol. The van der Waals surface area contributed by atoms with Crippen LogP contribution in [0.3, 0.4) is 0 Å². The zero-order valence-corrected chi connectivity index (χ0v) is 12.9. The van der Waals surface area contributed by atoms with Crippen molar-refractivity contribution in [2.24, 2.45) is 5.92 Å². The SMILES string of the molecule is CC(NCC(O)COCC1CCCO1)C1CCCCC1. The predicted octanol–water partition coefficient (Wildman–Crippen LogP) is 2.10.